The summed E-state index contributed by atoms with van der Waals surface area (Å²) in [6.45, 7) is -0.0828. The molecule has 0 aliphatic rings. The minimum atomic E-state index is -4.46. The van der Waals surface area contributed by atoms with Gasteiger partial charge in [-0.05, 0) is 29.8 Å². The van der Waals surface area contributed by atoms with Crippen molar-refractivity contribution >= 4 is 22.9 Å². The van der Waals surface area contributed by atoms with Crippen LogP contribution in [0.2, 0.25) is 0 Å². The number of amides is 1. The van der Waals surface area contributed by atoms with Crippen molar-refractivity contribution in [3.05, 3.63) is 59.7 Å². The predicted octanol–water partition coefficient (Wildman–Crippen LogP) is 3.50. The summed E-state index contributed by atoms with van der Waals surface area (Å²) in [4.78, 5) is 19.2. The lowest BCUT2D eigenvalue weighted by atomic mass is 10.0. The molecule has 0 saturated heterocycles. The van der Waals surface area contributed by atoms with E-state index in [1.165, 1.54) is 13.2 Å². The first-order valence-corrected chi connectivity index (χ1v) is 8.51. The Morgan fingerprint density at radius 1 is 1.21 bits per heavy atom. The Hall–Kier alpha value is -3.07. The smallest absolute Gasteiger partial charge is 0.375 e. The summed E-state index contributed by atoms with van der Waals surface area (Å²) in [5, 5.41) is 5.72. The van der Waals surface area contributed by atoms with Gasteiger partial charge in [0.1, 0.15) is 6.61 Å². The van der Waals surface area contributed by atoms with Crippen LogP contribution in [0.3, 0.4) is 0 Å². The fraction of sp³-hybridized carbons (Fsp3) is 0.263. The number of nitrogens with zero attached hydrogens (tertiary/aromatic N) is 1. The number of nitrogens with one attached hydrogen (secondary N) is 3. The zero-order valence-corrected chi connectivity index (χ0v) is 15.0. The number of imidazole rings is 1. The van der Waals surface area contributed by atoms with Crippen molar-refractivity contribution in [3.8, 4) is 0 Å². The second kappa shape index (κ2) is 8.30. The van der Waals surface area contributed by atoms with E-state index in [0.29, 0.717) is 11.5 Å². The number of methoxy groups -OCH3 is 1. The van der Waals surface area contributed by atoms with Crippen LogP contribution in [0.15, 0.2) is 48.5 Å². The molecule has 148 valence electrons. The molecule has 1 heterocycles. The number of para-hydroxylation sites is 2. The van der Waals surface area contributed by atoms with Gasteiger partial charge in [0.15, 0.2) is 0 Å². The van der Waals surface area contributed by atoms with Gasteiger partial charge in [-0.25, -0.2) is 4.98 Å². The van der Waals surface area contributed by atoms with Gasteiger partial charge in [-0.1, -0.05) is 24.3 Å². The average Bonchev–Trinajstić information content (AvgIpc) is 3.07. The zero-order chi connectivity index (χ0) is 20.1. The van der Waals surface area contributed by atoms with Crippen LogP contribution >= 0.6 is 0 Å². The molecule has 0 radical (unpaired) electrons. The van der Waals surface area contributed by atoms with Crippen LogP contribution in [0.25, 0.3) is 11.0 Å². The number of ether oxygens (including phenoxy) is 1. The van der Waals surface area contributed by atoms with Crippen LogP contribution in [0.5, 0.6) is 0 Å². The van der Waals surface area contributed by atoms with Gasteiger partial charge in [-0.3, -0.25) is 4.79 Å². The van der Waals surface area contributed by atoms with Crippen LogP contribution in [-0.4, -0.2) is 36.1 Å². The molecule has 0 unspecified atom stereocenters. The molecule has 9 heteroatoms. The van der Waals surface area contributed by atoms with Crippen molar-refractivity contribution in [3.63, 3.8) is 0 Å². The molecule has 0 fully saturated rings. The van der Waals surface area contributed by atoms with Crippen LogP contribution in [0.4, 0.5) is 19.1 Å². The van der Waals surface area contributed by atoms with Gasteiger partial charge in [0.2, 0.25) is 11.9 Å². The summed E-state index contributed by atoms with van der Waals surface area (Å²) in [6, 6.07) is 11.7. The van der Waals surface area contributed by atoms with Crippen molar-refractivity contribution in [2.45, 2.75) is 12.2 Å². The maximum atomic E-state index is 13.1. The molecule has 0 aliphatic heterocycles. The van der Waals surface area contributed by atoms with Gasteiger partial charge in [-0.15, -0.1) is 0 Å². The van der Waals surface area contributed by atoms with Crippen LogP contribution in [0, 0.1) is 0 Å². The first kappa shape index (κ1) is 19.7. The number of alkyl halides is 3. The highest BCUT2D eigenvalue weighted by Crippen LogP contribution is 2.31. The average molecular weight is 392 g/mol. The minimum absolute atomic E-state index is 0.0561. The van der Waals surface area contributed by atoms with Crippen LogP contribution in [0.1, 0.15) is 17.2 Å². The van der Waals surface area contributed by atoms with E-state index >= 15 is 0 Å². The Balaban J connectivity index is 1.87. The first-order chi connectivity index (χ1) is 13.4. The Kier molecular flexibility index (Phi) is 5.84. The van der Waals surface area contributed by atoms with E-state index in [-0.39, 0.29) is 19.1 Å². The highest BCUT2D eigenvalue weighted by atomic mass is 19.4. The number of H-pyrrole nitrogens is 1. The van der Waals surface area contributed by atoms with Crippen molar-refractivity contribution < 1.29 is 22.7 Å². The molecule has 3 N–H and O–H groups in total. The topological polar surface area (TPSA) is 79.0 Å². The van der Waals surface area contributed by atoms with Crippen LogP contribution in [-0.2, 0) is 15.7 Å². The van der Waals surface area contributed by atoms with Gasteiger partial charge < -0.3 is 20.4 Å². The van der Waals surface area contributed by atoms with Crippen LogP contribution < -0.4 is 10.6 Å². The quantitative estimate of drug-likeness (QED) is 0.575. The summed E-state index contributed by atoms with van der Waals surface area (Å²) in [7, 11) is 1.39. The fourth-order valence-corrected chi connectivity index (χ4v) is 2.77. The van der Waals surface area contributed by atoms with Crippen molar-refractivity contribution in [2.24, 2.45) is 0 Å². The second-order valence-electron chi connectivity index (χ2n) is 6.16. The molecule has 28 heavy (non-hydrogen) atoms. The lowest BCUT2D eigenvalue weighted by Crippen LogP contribution is -2.34. The zero-order valence-electron chi connectivity index (χ0n) is 15.0. The van der Waals surface area contributed by atoms with E-state index in [1.807, 2.05) is 24.3 Å². The summed E-state index contributed by atoms with van der Waals surface area (Å²) in [5.74, 6) is 0.0236. The molecule has 0 saturated carbocycles. The lowest BCUT2D eigenvalue weighted by Gasteiger charge is -2.20. The third-order valence-corrected chi connectivity index (χ3v) is 4.10. The SMILES string of the molecule is COCC(=O)NC[C@H](Nc1nc2ccccc2[nH]1)c1cccc(C(F)(F)F)c1. The summed E-state index contributed by atoms with van der Waals surface area (Å²) >= 11 is 0. The maximum Gasteiger partial charge on any atom is 0.416 e. The molecule has 1 atom stereocenters. The highest BCUT2D eigenvalue weighted by molar-refractivity contribution is 5.78. The summed E-state index contributed by atoms with van der Waals surface area (Å²) < 4.78 is 44.0. The standard InChI is InChI=1S/C19H19F3N4O2/c1-28-11-17(27)23-10-16(12-5-4-6-13(9-12)19(20,21)22)26-18-24-14-7-2-3-8-15(14)25-18/h2-9,16H,10-11H2,1H3,(H,23,27)(H2,24,25,26)/t16-/m0/s1. The molecule has 2 aromatic carbocycles. The number of carbonyl (C=O) groups excluding carboxylic acids is 1. The molecule has 1 amide bonds. The van der Waals surface area contributed by atoms with E-state index in [1.54, 1.807) is 6.07 Å². The van der Waals surface area contributed by atoms with Crippen molar-refractivity contribution in [1.29, 1.82) is 0 Å². The number of hydrogen-bond donors (Lipinski definition) is 3. The van der Waals surface area contributed by atoms with E-state index in [2.05, 4.69) is 20.6 Å². The van der Waals surface area contributed by atoms with Gasteiger partial charge in [0.05, 0.1) is 22.6 Å². The summed E-state index contributed by atoms with van der Waals surface area (Å²) in [5.41, 5.74) is 1.12. The van der Waals surface area contributed by atoms with Gasteiger partial charge in [0.25, 0.3) is 0 Å². The minimum Gasteiger partial charge on any atom is -0.375 e. The number of anilines is 1. The number of halogens is 3. The Labute approximate surface area is 159 Å². The maximum absolute atomic E-state index is 13.1. The fourth-order valence-electron chi connectivity index (χ4n) is 2.77. The Morgan fingerprint density at radius 2 is 2.00 bits per heavy atom. The third kappa shape index (κ3) is 4.80. The molecule has 0 spiro atoms. The van der Waals surface area contributed by atoms with Gasteiger partial charge in [-0.2, -0.15) is 13.2 Å². The normalized spacial score (nSPS) is 12.7. The Bertz CT molecular complexity index is 923. The van der Waals surface area contributed by atoms with Crippen molar-refractivity contribution in [1.82, 2.24) is 15.3 Å². The van der Waals surface area contributed by atoms with Gasteiger partial charge >= 0.3 is 6.18 Å². The Morgan fingerprint density at radius 3 is 2.71 bits per heavy atom. The molecule has 6 nitrogen and oxygen atoms in total. The highest BCUT2D eigenvalue weighted by Gasteiger charge is 2.31. The number of carbonyl (C=O) groups is 1. The summed E-state index contributed by atoms with van der Waals surface area (Å²) in [6.07, 6.45) is -4.46. The monoisotopic (exact) mass is 392 g/mol. The number of benzene rings is 2. The number of fused-ring (bicyclic) bond motifs is 1. The molecule has 1 aromatic heterocycles. The van der Waals surface area contributed by atoms with E-state index in [4.69, 9.17) is 4.74 Å². The molecule has 0 bridgehead atoms. The van der Waals surface area contributed by atoms with E-state index in [0.717, 1.165) is 23.2 Å². The molecule has 0 aliphatic carbocycles. The van der Waals surface area contributed by atoms with Gasteiger partial charge in [0, 0.05) is 13.7 Å². The lowest BCUT2D eigenvalue weighted by molar-refractivity contribution is -0.137. The molecular formula is C19H19F3N4O2. The van der Waals surface area contributed by atoms with E-state index < -0.39 is 17.8 Å². The molecule has 3 rings (SSSR count). The first-order valence-electron chi connectivity index (χ1n) is 8.51. The van der Waals surface area contributed by atoms with Crippen molar-refractivity contribution in [2.75, 3.05) is 25.6 Å². The largest absolute Gasteiger partial charge is 0.416 e. The predicted molar refractivity (Wildman–Crippen MR) is 98.8 cm³/mol. The number of aromatic amines is 1. The molecular weight excluding hydrogens is 373 g/mol. The molecule has 3 aromatic rings. The van der Waals surface area contributed by atoms with E-state index in [9.17, 15) is 18.0 Å². The third-order valence-electron chi connectivity index (χ3n) is 4.10. The number of hydrogen-bond acceptors (Lipinski definition) is 4. The second-order valence-corrected chi connectivity index (χ2v) is 6.16. The number of aromatic nitrogens is 2. The number of rotatable bonds is 7.